The number of carbonyl (C=O) groups is 3. The Kier molecular flexibility index (Phi) is 5.45. The quantitative estimate of drug-likeness (QED) is 0.861. The number of piperazine rings is 1. The van der Waals surface area contributed by atoms with Gasteiger partial charge in [-0.3, -0.25) is 14.4 Å². The second-order valence-corrected chi connectivity index (χ2v) is 8.20. The van der Waals surface area contributed by atoms with E-state index in [1.165, 1.54) is 0 Å². The van der Waals surface area contributed by atoms with E-state index in [9.17, 15) is 14.4 Å². The van der Waals surface area contributed by atoms with Crippen LogP contribution in [0.4, 0.5) is 0 Å². The number of hydrogen-bond donors (Lipinski definition) is 1. The summed E-state index contributed by atoms with van der Waals surface area (Å²) in [6.45, 7) is 9.61. The molecule has 0 radical (unpaired) electrons. The molecular formula is C21H31N3O3. The van der Waals surface area contributed by atoms with Gasteiger partial charge in [-0.15, -0.1) is 0 Å². The molecule has 2 heterocycles. The van der Waals surface area contributed by atoms with E-state index in [1.54, 1.807) is 18.7 Å². The Morgan fingerprint density at radius 3 is 2.67 bits per heavy atom. The van der Waals surface area contributed by atoms with Crippen molar-refractivity contribution in [2.24, 2.45) is 0 Å². The van der Waals surface area contributed by atoms with E-state index in [0.717, 1.165) is 54.7 Å². The Morgan fingerprint density at radius 1 is 1.22 bits per heavy atom. The van der Waals surface area contributed by atoms with E-state index in [1.807, 2.05) is 6.92 Å². The van der Waals surface area contributed by atoms with Gasteiger partial charge >= 0.3 is 0 Å². The molecule has 1 fully saturated rings. The summed E-state index contributed by atoms with van der Waals surface area (Å²) < 4.78 is 2.26. The summed E-state index contributed by atoms with van der Waals surface area (Å²) in [6.07, 6.45) is 4.68. The maximum absolute atomic E-state index is 13.1. The van der Waals surface area contributed by atoms with Gasteiger partial charge in [0.15, 0.2) is 5.78 Å². The van der Waals surface area contributed by atoms with Crippen molar-refractivity contribution < 1.29 is 14.4 Å². The molecule has 1 aromatic rings. The Labute approximate surface area is 161 Å². The average molecular weight is 373 g/mol. The van der Waals surface area contributed by atoms with Crippen molar-refractivity contribution in [3.05, 3.63) is 22.5 Å². The number of Topliss-reactive ketones (excluding diaryl/α,β-unsaturated/α-hetero) is 1. The van der Waals surface area contributed by atoms with E-state index >= 15 is 0 Å². The van der Waals surface area contributed by atoms with Crippen LogP contribution in [0.1, 0.15) is 73.8 Å². The van der Waals surface area contributed by atoms with E-state index < -0.39 is 5.54 Å². The second-order valence-electron chi connectivity index (χ2n) is 8.20. The fraction of sp³-hybridized carbons (Fsp3) is 0.667. The number of hydrogen-bond acceptors (Lipinski definition) is 3. The molecule has 0 aromatic carbocycles. The predicted octanol–water partition coefficient (Wildman–Crippen LogP) is 2.40. The Morgan fingerprint density at radius 2 is 1.96 bits per heavy atom. The zero-order valence-electron chi connectivity index (χ0n) is 17.0. The van der Waals surface area contributed by atoms with E-state index in [2.05, 4.69) is 16.8 Å². The minimum atomic E-state index is -0.863. The van der Waals surface area contributed by atoms with Crippen molar-refractivity contribution in [2.45, 2.75) is 78.3 Å². The fourth-order valence-electron chi connectivity index (χ4n) is 4.40. The molecule has 1 aliphatic carbocycles. The standard InChI is InChI=1S/C21H31N3O3/c1-5-6-11-23-14(2)15(19-16(23)8-7-9-17(19)25)13-18(26)24-12-10-22-20(27)21(24,3)4/h5-13H2,1-4H3,(H,22,27). The minimum absolute atomic E-state index is 0.0771. The lowest BCUT2D eigenvalue weighted by atomic mass is 9.91. The maximum Gasteiger partial charge on any atom is 0.245 e. The third-order valence-electron chi connectivity index (χ3n) is 6.07. The number of aromatic nitrogens is 1. The molecule has 0 saturated carbocycles. The third kappa shape index (κ3) is 3.42. The number of nitrogens with one attached hydrogen (secondary N) is 1. The third-order valence-corrected chi connectivity index (χ3v) is 6.07. The first-order chi connectivity index (χ1) is 12.8. The van der Waals surface area contributed by atoms with Crippen molar-refractivity contribution in [3.63, 3.8) is 0 Å². The van der Waals surface area contributed by atoms with Gasteiger partial charge in [0.05, 0.1) is 6.42 Å². The molecule has 148 valence electrons. The fourth-order valence-corrected chi connectivity index (χ4v) is 4.40. The summed E-state index contributed by atoms with van der Waals surface area (Å²) in [5.41, 5.74) is 2.94. The topological polar surface area (TPSA) is 71.4 Å². The maximum atomic E-state index is 13.1. The van der Waals surface area contributed by atoms with Crippen LogP contribution in [-0.2, 0) is 29.0 Å². The first-order valence-corrected chi connectivity index (χ1v) is 10.1. The Balaban J connectivity index is 1.94. The summed E-state index contributed by atoms with van der Waals surface area (Å²) in [6, 6.07) is 0. The van der Waals surface area contributed by atoms with Crippen molar-refractivity contribution in [3.8, 4) is 0 Å². The van der Waals surface area contributed by atoms with Crippen molar-refractivity contribution >= 4 is 17.6 Å². The van der Waals surface area contributed by atoms with Crippen molar-refractivity contribution in [1.82, 2.24) is 14.8 Å². The lowest BCUT2D eigenvalue weighted by molar-refractivity contribution is -0.148. The van der Waals surface area contributed by atoms with Crippen LogP contribution in [0.3, 0.4) is 0 Å². The van der Waals surface area contributed by atoms with Crippen LogP contribution in [0.25, 0.3) is 0 Å². The van der Waals surface area contributed by atoms with Gasteiger partial charge in [0.25, 0.3) is 0 Å². The highest BCUT2D eigenvalue weighted by Gasteiger charge is 2.41. The molecule has 2 aliphatic rings. The van der Waals surface area contributed by atoms with Crippen LogP contribution in [0.15, 0.2) is 0 Å². The molecular weight excluding hydrogens is 342 g/mol. The summed E-state index contributed by atoms with van der Waals surface area (Å²) in [7, 11) is 0. The number of unbranched alkanes of at least 4 members (excludes halogenated alkanes) is 1. The molecule has 3 rings (SSSR count). The summed E-state index contributed by atoms with van der Waals surface area (Å²) in [4.78, 5) is 39.7. The van der Waals surface area contributed by atoms with E-state index in [-0.39, 0.29) is 24.0 Å². The first kappa shape index (κ1) is 19.6. The van der Waals surface area contributed by atoms with Crippen LogP contribution in [0.2, 0.25) is 0 Å². The van der Waals surface area contributed by atoms with Crippen LogP contribution in [0, 0.1) is 6.92 Å². The Bertz CT molecular complexity index is 776. The highest BCUT2D eigenvalue weighted by Crippen LogP contribution is 2.31. The van der Waals surface area contributed by atoms with Gasteiger partial charge in [0, 0.05) is 43.0 Å². The molecule has 1 N–H and O–H groups in total. The molecule has 1 aromatic heterocycles. The van der Waals surface area contributed by atoms with Gasteiger partial charge in [-0.25, -0.2) is 0 Å². The van der Waals surface area contributed by atoms with Gasteiger partial charge in [-0.05, 0) is 45.6 Å². The number of amides is 2. The number of fused-ring (bicyclic) bond motifs is 1. The molecule has 1 saturated heterocycles. The number of carbonyl (C=O) groups excluding carboxylic acids is 3. The average Bonchev–Trinajstić information content (AvgIpc) is 2.88. The zero-order chi connectivity index (χ0) is 19.8. The highest BCUT2D eigenvalue weighted by molar-refractivity contribution is 6.01. The zero-order valence-corrected chi connectivity index (χ0v) is 17.0. The smallest absolute Gasteiger partial charge is 0.245 e. The molecule has 0 spiro atoms. The molecule has 0 atom stereocenters. The molecule has 1 aliphatic heterocycles. The molecule has 2 amide bonds. The van der Waals surface area contributed by atoms with Crippen molar-refractivity contribution in [2.75, 3.05) is 13.1 Å². The minimum Gasteiger partial charge on any atom is -0.352 e. The van der Waals surface area contributed by atoms with E-state index in [4.69, 9.17) is 0 Å². The lowest BCUT2D eigenvalue weighted by Crippen LogP contribution is -2.63. The molecule has 0 bridgehead atoms. The van der Waals surface area contributed by atoms with Crippen LogP contribution in [0.5, 0.6) is 0 Å². The predicted molar refractivity (Wildman–Crippen MR) is 104 cm³/mol. The molecule has 6 nitrogen and oxygen atoms in total. The molecule has 0 unspecified atom stereocenters. The van der Waals surface area contributed by atoms with Crippen molar-refractivity contribution in [1.29, 1.82) is 0 Å². The van der Waals surface area contributed by atoms with Gasteiger partial charge in [0.2, 0.25) is 11.8 Å². The van der Waals surface area contributed by atoms with Gasteiger partial charge in [0.1, 0.15) is 5.54 Å². The number of rotatable bonds is 5. The number of nitrogens with zero attached hydrogens (tertiary/aromatic N) is 2. The second kappa shape index (κ2) is 7.49. The summed E-state index contributed by atoms with van der Waals surface area (Å²) in [5, 5.41) is 2.83. The van der Waals surface area contributed by atoms with Gasteiger partial charge in [-0.1, -0.05) is 13.3 Å². The normalized spacial score (nSPS) is 19.0. The van der Waals surface area contributed by atoms with Gasteiger partial charge in [-0.2, -0.15) is 0 Å². The lowest BCUT2D eigenvalue weighted by Gasteiger charge is -2.41. The monoisotopic (exact) mass is 373 g/mol. The van der Waals surface area contributed by atoms with Crippen LogP contribution >= 0.6 is 0 Å². The SMILES string of the molecule is CCCCn1c(C)c(CC(=O)N2CCNC(=O)C2(C)C)c2c1CCCC2=O. The van der Waals surface area contributed by atoms with E-state index in [0.29, 0.717) is 19.5 Å². The number of ketones is 1. The largest absolute Gasteiger partial charge is 0.352 e. The van der Waals surface area contributed by atoms with Gasteiger partial charge < -0.3 is 14.8 Å². The first-order valence-electron chi connectivity index (χ1n) is 10.1. The van der Waals surface area contributed by atoms with Crippen LogP contribution < -0.4 is 5.32 Å². The molecule has 6 heteroatoms. The molecule has 27 heavy (non-hydrogen) atoms. The Hall–Kier alpha value is -2.11. The van der Waals surface area contributed by atoms with Crippen LogP contribution in [-0.4, -0.2) is 45.7 Å². The summed E-state index contributed by atoms with van der Waals surface area (Å²) in [5.74, 6) is -0.0442. The summed E-state index contributed by atoms with van der Waals surface area (Å²) >= 11 is 0. The highest BCUT2D eigenvalue weighted by atomic mass is 16.2.